The number of aliphatic carboxylic acids is 2. The molecule has 0 spiro atoms. The van der Waals surface area contributed by atoms with Gasteiger partial charge < -0.3 is 14.9 Å². The van der Waals surface area contributed by atoms with Crippen LogP contribution < -0.4 is 4.74 Å². The molecule has 1 aliphatic rings. The Kier molecular flexibility index (Phi) is 12.0. The molecule has 0 aromatic heterocycles. The van der Waals surface area contributed by atoms with Crippen molar-refractivity contribution in [3.8, 4) is 11.8 Å². The van der Waals surface area contributed by atoms with E-state index in [1.54, 1.807) is 7.11 Å². The Morgan fingerprint density at radius 3 is 2.11 bits per heavy atom. The van der Waals surface area contributed by atoms with Gasteiger partial charge in [0.25, 0.3) is 0 Å². The fourth-order valence-electron chi connectivity index (χ4n) is 3.98. The summed E-state index contributed by atoms with van der Waals surface area (Å²) in [6.07, 6.45) is 3.92. The quantitative estimate of drug-likeness (QED) is 0.497. The van der Waals surface area contributed by atoms with Crippen molar-refractivity contribution in [3.63, 3.8) is 0 Å². The van der Waals surface area contributed by atoms with Gasteiger partial charge in [0.05, 0.1) is 13.2 Å². The van der Waals surface area contributed by atoms with Crippen LogP contribution in [-0.4, -0.2) is 71.8 Å². The van der Waals surface area contributed by atoms with Gasteiger partial charge in [0.1, 0.15) is 5.75 Å². The van der Waals surface area contributed by atoms with Gasteiger partial charge in [-0.05, 0) is 36.1 Å². The Morgan fingerprint density at radius 2 is 1.60 bits per heavy atom. The Morgan fingerprint density at radius 1 is 1.00 bits per heavy atom. The number of methoxy groups -OCH3 is 1. The molecule has 1 fully saturated rings. The molecule has 35 heavy (non-hydrogen) atoms. The number of hydrogen-bond donors (Lipinski definition) is 2. The minimum absolute atomic E-state index is 0.411. The van der Waals surface area contributed by atoms with Crippen molar-refractivity contribution >= 4 is 11.9 Å². The number of carboxylic acids is 2. The van der Waals surface area contributed by atoms with E-state index in [1.807, 2.05) is 0 Å². The number of carboxylic acid groups (broad SMARTS) is 2. The van der Waals surface area contributed by atoms with Crippen molar-refractivity contribution < 1.29 is 24.5 Å². The lowest BCUT2D eigenvalue weighted by Gasteiger charge is -2.39. The van der Waals surface area contributed by atoms with Gasteiger partial charge >= 0.3 is 11.9 Å². The minimum Gasteiger partial charge on any atom is -0.497 e. The number of carbonyl (C=O) groups is 2. The molecule has 186 valence electrons. The molecule has 0 amide bonds. The summed E-state index contributed by atoms with van der Waals surface area (Å²) in [6.45, 7) is 5.08. The van der Waals surface area contributed by atoms with Gasteiger partial charge in [0, 0.05) is 57.3 Å². The lowest BCUT2D eigenvalue weighted by Crippen LogP contribution is -2.47. The van der Waals surface area contributed by atoms with Gasteiger partial charge in [-0.25, -0.2) is 9.59 Å². The topological polar surface area (TPSA) is 114 Å². The summed E-state index contributed by atoms with van der Waals surface area (Å²) in [5.41, 5.74) is 2.75. The maximum atomic E-state index is 9.55. The molecule has 1 unspecified atom stereocenters. The summed E-state index contributed by atoms with van der Waals surface area (Å²) in [5.74, 6) is -1.61. The molecule has 2 aromatic carbocycles. The van der Waals surface area contributed by atoms with E-state index < -0.39 is 11.9 Å². The van der Waals surface area contributed by atoms with Crippen LogP contribution in [-0.2, 0) is 16.0 Å². The molecule has 1 atom stereocenters. The molecule has 1 aliphatic heterocycles. The predicted octanol–water partition coefficient (Wildman–Crippen LogP) is 3.61. The van der Waals surface area contributed by atoms with Crippen LogP contribution in [0.1, 0.15) is 30.0 Å². The van der Waals surface area contributed by atoms with Crippen molar-refractivity contribution in [2.75, 3.05) is 39.8 Å². The average molecular weight is 480 g/mol. The summed E-state index contributed by atoms with van der Waals surface area (Å²) in [4.78, 5) is 24.1. The van der Waals surface area contributed by atoms with Gasteiger partial charge in [-0.2, -0.15) is 5.26 Å². The van der Waals surface area contributed by atoms with E-state index in [9.17, 15) is 9.59 Å². The number of hydrogen-bond acceptors (Lipinski definition) is 6. The summed E-state index contributed by atoms with van der Waals surface area (Å²) in [7, 11) is 1.71. The van der Waals surface area contributed by atoms with Crippen molar-refractivity contribution in [2.45, 2.75) is 25.3 Å². The molecular weight excluding hydrogens is 446 g/mol. The summed E-state index contributed by atoms with van der Waals surface area (Å²) < 4.78 is 5.33. The minimum atomic E-state index is -1.26. The number of rotatable bonds is 10. The number of benzene rings is 2. The van der Waals surface area contributed by atoms with Crippen LogP contribution in [0, 0.1) is 11.3 Å². The lowest BCUT2D eigenvalue weighted by molar-refractivity contribution is -0.134. The van der Waals surface area contributed by atoms with E-state index in [2.05, 4.69) is 70.5 Å². The van der Waals surface area contributed by atoms with Crippen LogP contribution in [0.15, 0.2) is 66.7 Å². The first-order chi connectivity index (χ1) is 16.9. The number of nitrogens with zero attached hydrogens (tertiary/aromatic N) is 3. The van der Waals surface area contributed by atoms with Crippen LogP contribution >= 0.6 is 0 Å². The van der Waals surface area contributed by atoms with E-state index in [1.165, 1.54) is 11.1 Å². The van der Waals surface area contributed by atoms with E-state index in [0.29, 0.717) is 24.6 Å². The molecule has 0 bridgehead atoms. The van der Waals surface area contributed by atoms with Gasteiger partial charge in [0.15, 0.2) is 0 Å². The summed E-state index contributed by atoms with van der Waals surface area (Å²) in [6, 6.07) is 21.9. The SMILES string of the molecule is COc1ccc(C(CCc2ccccc2)N2CCN(CCC#N)CC2)cc1.O=C(O)/C=C\C(=O)O. The Bertz CT molecular complexity index is 962. The average Bonchev–Trinajstić information content (AvgIpc) is 2.88. The zero-order valence-electron chi connectivity index (χ0n) is 20.0. The maximum Gasteiger partial charge on any atom is 0.328 e. The standard InChI is InChI=1S/C23H29N3O.C4H4O4/c1-27-22-11-9-21(10-12-22)23(13-8-20-6-3-2-4-7-20)26-18-16-25(17-19-26)15-5-14-24;5-3(6)1-2-4(7)8/h2-4,6-7,9-12,23H,5,8,13,15-19H2,1H3;1-2H,(H,5,6)(H,7,8)/b;2-1-. The van der Waals surface area contributed by atoms with Crippen LogP contribution in [0.2, 0.25) is 0 Å². The smallest absolute Gasteiger partial charge is 0.328 e. The highest BCUT2D eigenvalue weighted by Crippen LogP contribution is 2.28. The summed E-state index contributed by atoms with van der Waals surface area (Å²) >= 11 is 0. The van der Waals surface area contributed by atoms with E-state index >= 15 is 0 Å². The predicted molar refractivity (Wildman–Crippen MR) is 133 cm³/mol. The highest BCUT2D eigenvalue weighted by atomic mass is 16.5. The van der Waals surface area contributed by atoms with Gasteiger partial charge in [-0.15, -0.1) is 0 Å². The second-order valence-electron chi connectivity index (χ2n) is 8.11. The Labute approximate surface area is 206 Å². The van der Waals surface area contributed by atoms with E-state index in [0.717, 1.165) is 51.3 Å². The molecule has 0 aliphatic carbocycles. The maximum absolute atomic E-state index is 9.55. The fourth-order valence-corrected chi connectivity index (χ4v) is 3.98. The van der Waals surface area contributed by atoms with Gasteiger partial charge in [-0.3, -0.25) is 9.80 Å². The molecule has 1 saturated heterocycles. The van der Waals surface area contributed by atoms with Crippen LogP contribution in [0.5, 0.6) is 5.75 Å². The summed E-state index contributed by atoms with van der Waals surface area (Å²) in [5, 5.41) is 24.4. The zero-order chi connectivity index (χ0) is 25.5. The Hall–Kier alpha value is -3.67. The molecule has 8 heteroatoms. The lowest BCUT2D eigenvalue weighted by atomic mass is 9.96. The first kappa shape index (κ1) is 27.6. The first-order valence-corrected chi connectivity index (χ1v) is 11.6. The molecule has 8 nitrogen and oxygen atoms in total. The van der Waals surface area contributed by atoms with Gasteiger partial charge in [0.2, 0.25) is 0 Å². The largest absolute Gasteiger partial charge is 0.497 e. The molecule has 0 saturated carbocycles. The third-order valence-electron chi connectivity index (χ3n) is 5.81. The fraction of sp³-hybridized carbons (Fsp3) is 0.370. The van der Waals surface area contributed by atoms with E-state index in [-0.39, 0.29) is 0 Å². The number of nitriles is 1. The normalized spacial score (nSPS) is 15.0. The number of piperazine rings is 1. The molecule has 1 heterocycles. The van der Waals surface area contributed by atoms with Crippen molar-refractivity contribution in [2.24, 2.45) is 0 Å². The van der Waals surface area contributed by atoms with Crippen molar-refractivity contribution in [1.29, 1.82) is 5.26 Å². The van der Waals surface area contributed by atoms with Crippen molar-refractivity contribution in [3.05, 3.63) is 77.9 Å². The van der Waals surface area contributed by atoms with Crippen molar-refractivity contribution in [1.82, 2.24) is 9.80 Å². The number of ether oxygens (including phenoxy) is 1. The second kappa shape index (κ2) is 15.3. The molecule has 2 aromatic rings. The van der Waals surface area contributed by atoms with Gasteiger partial charge in [-0.1, -0.05) is 42.5 Å². The third-order valence-corrected chi connectivity index (χ3v) is 5.81. The molecule has 0 radical (unpaired) electrons. The highest BCUT2D eigenvalue weighted by Gasteiger charge is 2.25. The molecular formula is C27H33N3O5. The number of aryl methyl sites for hydroxylation is 1. The zero-order valence-corrected chi connectivity index (χ0v) is 20.0. The van der Waals surface area contributed by atoms with E-state index in [4.69, 9.17) is 20.2 Å². The molecule has 3 rings (SSSR count). The van der Waals surface area contributed by atoms with Crippen LogP contribution in [0.3, 0.4) is 0 Å². The monoisotopic (exact) mass is 479 g/mol. The first-order valence-electron chi connectivity index (χ1n) is 11.6. The van der Waals surface area contributed by atoms with Crippen LogP contribution in [0.25, 0.3) is 0 Å². The third kappa shape index (κ3) is 10.4. The highest BCUT2D eigenvalue weighted by molar-refractivity contribution is 5.89. The Balaban J connectivity index is 0.000000466. The second-order valence-corrected chi connectivity index (χ2v) is 8.11. The molecule has 2 N–H and O–H groups in total. The van der Waals surface area contributed by atoms with Crippen LogP contribution in [0.4, 0.5) is 0 Å².